The van der Waals surface area contributed by atoms with Gasteiger partial charge in [-0.3, -0.25) is 10.00 Å². The summed E-state index contributed by atoms with van der Waals surface area (Å²) in [5.41, 5.74) is 2.42. The zero-order valence-electron chi connectivity index (χ0n) is 12.6. The van der Waals surface area contributed by atoms with Crippen LogP contribution in [0.3, 0.4) is 0 Å². The zero-order chi connectivity index (χ0) is 14.5. The molecule has 0 radical (unpaired) electrons. The van der Waals surface area contributed by atoms with E-state index in [9.17, 15) is 0 Å². The average molecular weight is 288 g/mol. The fraction of sp³-hybridized carbons (Fsp3) is 0.562. The second-order valence-corrected chi connectivity index (χ2v) is 5.78. The van der Waals surface area contributed by atoms with Crippen molar-refractivity contribution in [2.24, 2.45) is 0 Å². The Balaban J connectivity index is 1.47. The summed E-state index contributed by atoms with van der Waals surface area (Å²) < 4.78 is 5.38. The zero-order valence-corrected chi connectivity index (χ0v) is 12.6. The van der Waals surface area contributed by atoms with Crippen LogP contribution in [0.5, 0.6) is 0 Å². The molecule has 1 aliphatic heterocycles. The summed E-state index contributed by atoms with van der Waals surface area (Å²) in [5.74, 6) is 0. The van der Waals surface area contributed by atoms with Crippen LogP contribution in [-0.4, -0.2) is 54.0 Å². The Morgan fingerprint density at radius 2 is 2.24 bits per heavy atom. The first-order valence-electron chi connectivity index (χ1n) is 7.77. The summed E-state index contributed by atoms with van der Waals surface area (Å²) in [6.45, 7) is 8.18. The number of nitrogens with one attached hydrogen (secondary N) is 2. The molecule has 1 aliphatic rings. The van der Waals surface area contributed by atoms with Gasteiger partial charge in [0.1, 0.15) is 0 Å². The van der Waals surface area contributed by atoms with E-state index in [1.54, 1.807) is 0 Å². The number of hydrogen-bond acceptors (Lipinski definition) is 4. The molecular formula is C16H24N4O. The summed E-state index contributed by atoms with van der Waals surface area (Å²) in [6, 6.07) is 6.84. The molecule has 0 saturated carbocycles. The Bertz CT molecular complexity index is 562. The third-order valence-corrected chi connectivity index (χ3v) is 4.19. The molecule has 1 saturated heterocycles. The summed E-state index contributed by atoms with van der Waals surface area (Å²) in [4.78, 5) is 2.48. The minimum atomic E-state index is 0.506. The van der Waals surface area contributed by atoms with E-state index in [2.05, 4.69) is 45.5 Å². The predicted octanol–water partition coefficient (Wildman–Crippen LogP) is 1.76. The van der Waals surface area contributed by atoms with Gasteiger partial charge in [-0.05, 0) is 25.5 Å². The molecule has 0 bridgehead atoms. The van der Waals surface area contributed by atoms with Crippen LogP contribution in [0.25, 0.3) is 10.9 Å². The van der Waals surface area contributed by atoms with Gasteiger partial charge < -0.3 is 10.1 Å². The lowest BCUT2D eigenvalue weighted by molar-refractivity contribution is 0.0364. The molecule has 1 aromatic carbocycles. The average Bonchev–Trinajstić information content (AvgIpc) is 3.01. The lowest BCUT2D eigenvalue weighted by Crippen LogP contribution is -2.39. The van der Waals surface area contributed by atoms with Crippen LogP contribution in [0.15, 0.2) is 24.4 Å². The molecule has 0 unspecified atom stereocenters. The summed E-state index contributed by atoms with van der Waals surface area (Å²) in [7, 11) is 0. The van der Waals surface area contributed by atoms with Gasteiger partial charge in [-0.1, -0.05) is 18.2 Å². The number of hydrogen-bond donors (Lipinski definition) is 2. The number of benzene rings is 1. The highest BCUT2D eigenvalue weighted by Gasteiger charge is 2.12. The first kappa shape index (κ1) is 14.5. The van der Waals surface area contributed by atoms with Gasteiger partial charge in [-0.25, -0.2) is 0 Å². The van der Waals surface area contributed by atoms with Crippen molar-refractivity contribution >= 4 is 10.9 Å². The van der Waals surface area contributed by atoms with Crippen LogP contribution in [0.2, 0.25) is 0 Å². The quantitative estimate of drug-likeness (QED) is 0.850. The molecule has 5 nitrogen and oxygen atoms in total. The maximum absolute atomic E-state index is 5.38. The van der Waals surface area contributed by atoms with Crippen molar-refractivity contribution in [2.75, 3.05) is 32.8 Å². The minimum absolute atomic E-state index is 0.506. The van der Waals surface area contributed by atoms with Gasteiger partial charge in [0.25, 0.3) is 0 Å². The molecule has 1 fully saturated rings. The highest BCUT2D eigenvalue weighted by Crippen LogP contribution is 2.15. The van der Waals surface area contributed by atoms with Crippen LogP contribution < -0.4 is 5.32 Å². The fourth-order valence-corrected chi connectivity index (χ4v) is 2.76. The van der Waals surface area contributed by atoms with Crippen molar-refractivity contribution in [3.8, 4) is 0 Å². The number of nitrogens with zero attached hydrogens (tertiary/aromatic N) is 2. The molecule has 2 heterocycles. The van der Waals surface area contributed by atoms with Gasteiger partial charge >= 0.3 is 0 Å². The molecular weight excluding hydrogens is 264 g/mol. The molecule has 3 rings (SSSR count). The maximum atomic E-state index is 5.38. The van der Waals surface area contributed by atoms with E-state index in [0.29, 0.717) is 6.04 Å². The first-order chi connectivity index (χ1) is 10.3. The molecule has 2 aromatic rings. The van der Waals surface area contributed by atoms with Gasteiger partial charge in [0.15, 0.2) is 0 Å². The topological polar surface area (TPSA) is 53.2 Å². The lowest BCUT2D eigenvalue weighted by Gasteiger charge is -2.27. The van der Waals surface area contributed by atoms with Crippen molar-refractivity contribution < 1.29 is 4.74 Å². The highest BCUT2D eigenvalue weighted by atomic mass is 16.5. The molecule has 1 atom stereocenters. The number of ether oxygens (including phenoxy) is 1. The van der Waals surface area contributed by atoms with E-state index in [1.807, 2.05) is 6.20 Å². The molecule has 2 N–H and O–H groups in total. The normalized spacial score (nSPS) is 18.1. The van der Waals surface area contributed by atoms with E-state index in [-0.39, 0.29) is 0 Å². The smallest absolute Gasteiger partial charge is 0.0695 e. The Hall–Kier alpha value is -1.43. The first-order valence-corrected chi connectivity index (χ1v) is 7.77. The monoisotopic (exact) mass is 288 g/mol. The second-order valence-electron chi connectivity index (χ2n) is 5.78. The van der Waals surface area contributed by atoms with E-state index in [4.69, 9.17) is 4.74 Å². The lowest BCUT2D eigenvalue weighted by atomic mass is 10.1. The van der Waals surface area contributed by atoms with Crippen LogP contribution >= 0.6 is 0 Å². The second kappa shape index (κ2) is 7.02. The van der Waals surface area contributed by atoms with Crippen molar-refractivity contribution in [3.05, 3.63) is 30.0 Å². The van der Waals surface area contributed by atoms with E-state index >= 15 is 0 Å². The predicted molar refractivity (Wildman–Crippen MR) is 84.3 cm³/mol. The number of H-pyrrole nitrogens is 1. The number of aromatic amines is 1. The van der Waals surface area contributed by atoms with Crippen LogP contribution in [0.4, 0.5) is 0 Å². The van der Waals surface area contributed by atoms with Crippen molar-refractivity contribution in [1.82, 2.24) is 20.4 Å². The molecule has 0 amide bonds. The minimum Gasteiger partial charge on any atom is -0.379 e. The van der Waals surface area contributed by atoms with Crippen LogP contribution in [0.1, 0.15) is 18.9 Å². The van der Waals surface area contributed by atoms with Crippen molar-refractivity contribution in [1.29, 1.82) is 0 Å². The Kier molecular flexibility index (Phi) is 4.85. The van der Waals surface area contributed by atoms with Gasteiger partial charge in [0.2, 0.25) is 0 Å². The van der Waals surface area contributed by atoms with E-state index < -0.39 is 0 Å². The largest absolute Gasteiger partial charge is 0.379 e. The Morgan fingerprint density at radius 3 is 3.10 bits per heavy atom. The van der Waals surface area contributed by atoms with Crippen LogP contribution in [0, 0.1) is 0 Å². The standard InChI is InChI=1S/C16H24N4O/c1-13(5-6-20-7-9-21-10-8-20)17-11-14-3-2-4-15-12-18-19-16(14)15/h2-4,12-13,17H,5-11H2,1H3,(H,18,19)/t13-/m1/s1. The van der Waals surface area contributed by atoms with Crippen LogP contribution in [-0.2, 0) is 11.3 Å². The molecule has 1 aromatic heterocycles. The third-order valence-electron chi connectivity index (χ3n) is 4.19. The number of fused-ring (bicyclic) bond motifs is 1. The SMILES string of the molecule is C[C@H](CCN1CCOCC1)NCc1cccc2cn[nH]c12. The Morgan fingerprint density at radius 1 is 1.38 bits per heavy atom. The number of morpholine rings is 1. The number of para-hydroxylation sites is 1. The summed E-state index contributed by atoms with van der Waals surface area (Å²) in [5, 5.41) is 12.0. The number of aromatic nitrogens is 2. The summed E-state index contributed by atoms with van der Waals surface area (Å²) in [6.07, 6.45) is 3.04. The summed E-state index contributed by atoms with van der Waals surface area (Å²) >= 11 is 0. The molecule has 5 heteroatoms. The molecule has 21 heavy (non-hydrogen) atoms. The fourth-order valence-electron chi connectivity index (χ4n) is 2.76. The van der Waals surface area contributed by atoms with Gasteiger partial charge in [-0.15, -0.1) is 0 Å². The van der Waals surface area contributed by atoms with E-state index in [0.717, 1.165) is 44.9 Å². The molecule has 114 valence electrons. The van der Waals surface area contributed by atoms with Gasteiger partial charge in [-0.2, -0.15) is 5.10 Å². The Labute approximate surface area is 125 Å². The van der Waals surface area contributed by atoms with E-state index in [1.165, 1.54) is 17.4 Å². The third kappa shape index (κ3) is 3.81. The maximum Gasteiger partial charge on any atom is 0.0695 e. The van der Waals surface area contributed by atoms with Gasteiger partial charge in [0.05, 0.1) is 24.9 Å². The molecule has 0 aliphatic carbocycles. The van der Waals surface area contributed by atoms with Crippen molar-refractivity contribution in [2.45, 2.75) is 25.9 Å². The van der Waals surface area contributed by atoms with Gasteiger partial charge in [0, 0.05) is 31.1 Å². The number of rotatable bonds is 6. The molecule has 0 spiro atoms. The highest BCUT2D eigenvalue weighted by molar-refractivity contribution is 5.81. The van der Waals surface area contributed by atoms with Crippen molar-refractivity contribution in [3.63, 3.8) is 0 Å².